The second-order valence-electron chi connectivity index (χ2n) is 4.23. The van der Waals surface area contributed by atoms with Crippen molar-refractivity contribution in [2.24, 2.45) is 0 Å². The zero-order valence-corrected chi connectivity index (χ0v) is 8.73. The smallest absolute Gasteiger partial charge is 0.129 e. The average Bonchev–Trinajstić information content (AvgIpc) is 2.60. The number of rotatable bonds is 2. The van der Waals surface area contributed by atoms with Crippen LogP contribution in [-0.2, 0) is 11.3 Å². The van der Waals surface area contributed by atoms with Gasteiger partial charge in [0.1, 0.15) is 12.1 Å². The number of aldehydes is 1. The van der Waals surface area contributed by atoms with Gasteiger partial charge in [0.25, 0.3) is 0 Å². The molecule has 2 heterocycles. The van der Waals surface area contributed by atoms with Gasteiger partial charge in [-0.05, 0) is 12.8 Å². The van der Waals surface area contributed by atoms with Crippen LogP contribution in [0, 0.1) is 0 Å². The average molecular weight is 192 g/mol. The molecule has 2 rings (SSSR count). The van der Waals surface area contributed by atoms with E-state index in [2.05, 4.69) is 23.4 Å². The van der Waals surface area contributed by atoms with E-state index in [-0.39, 0.29) is 5.92 Å². The summed E-state index contributed by atoms with van der Waals surface area (Å²) in [6, 6.07) is 0. The van der Waals surface area contributed by atoms with Crippen molar-refractivity contribution in [1.82, 2.24) is 9.55 Å². The molecule has 0 saturated carbocycles. The van der Waals surface area contributed by atoms with Gasteiger partial charge in [-0.15, -0.1) is 0 Å². The van der Waals surface area contributed by atoms with Gasteiger partial charge in [0.15, 0.2) is 0 Å². The summed E-state index contributed by atoms with van der Waals surface area (Å²) in [7, 11) is 0. The maximum Gasteiger partial charge on any atom is 0.129 e. The van der Waals surface area contributed by atoms with Crippen molar-refractivity contribution in [3.63, 3.8) is 0 Å². The second kappa shape index (κ2) is 3.56. The molecule has 0 N–H and O–H groups in total. The van der Waals surface area contributed by atoms with Crippen LogP contribution in [0.1, 0.15) is 50.0 Å². The number of carbonyl (C=O) groups excluding carboxylic acids is 1. The SMILES string of the molecule is CC(C)c1ncc2n1CCCC2C=O. The maximum absolute atomic E-state index is 10.9. The van der Waals surface area contributed by atoms with E-state index in [1.54, 1.807) is 0 Å². The molecule has 14 heavy (non-hydrogen) atoms. The molecule has 0 bridgehead atoms. The molecule has 0 aromatic carbocycles. The summed E-state index contributed by atoms with van der Waals surface area (Å²) in [6.07, 6.45) is 4.99. The van der Waals surface area contributed by atoms with Crippen molar-refractivity contribution >= 4 is 6.29 Å². The summed E-state index contributed by atoms with van der Waals surface area (Å²) in [5.74, 6) is 1.63. The number of nitrogens with zero attached hydrogens (tertiary/aromatic N) is 2. The first kappa shape index (κ1) is 9.44. The molecule has 0 fully saturated rings. The summed E-state index contributed by atoms with van der Waals surface area (Å²) in [5.41, 5.74) is 1.11. The minimum absolute atomic E-state index is 0.0729. The monoisotopic (exact) mass is 192 g/mol. The Morgan fingerprint density at radius 1 is 1.64 bits per heavy atom. The predicted molar refractivity (Wildman–Crippen MR) is 54.4 cm³/mol. The Hall–Kier alpha value is -1.12. The molecule has 1 atom stereocenters. The van der Waals surface area contributed by atoms with Crippen molar-refractivity contribution in [3.05, 3.63) is 17.7 Å². The molecule has 76 valence electrons. The lowest BCUT2D eigenvalue weighted by atomic mass is 9.98. The highest BCUT2D eigenvalue weighted by atomic mass is 16.1. The molecule has 1 aromatic rings. The molecule has 0 aliphatic carbocycles. The number of aromatic nitrogens is 2. The Bertz CT molecular complexity index is 341. The quantitative estimate of drug-likeness (QED) is 0.672. The largest absolute Gasteiger partial charge is 0.331 e. The van der Waals surface area contributed by atoms with Gasteiger partial charge in [-0.1, -0.05) is 13.8 Å². The zero-order valence-electron chi connectivity index (χ0n) is 8.73. The van der Waals surface area contributed by atoms with Crippen molar-refractivity contribution < 1.29 is 4.79 Å². The summed E-state index contributed by atoms with van der Waals surface area (Å²) in [4.78, 5) is 15.3. The van der Waals surface area contributed by atoms with Gasteiger partial charge in [-0.3, -0.25) is 0 Å². The summed E-state index contributed by atoms with van der Waals surface area (Å²) in [6.45, 7) is 5.30. The van der Waals surface area contributed by atoms with Crippen LogP contribution >= 0.6 is 0 Å². The van der Waals surface area contributed by atoms with Gasteiger partial charge in [0.05, 0.1) is 5.92 Å². The van der Waals surface area contributed by atoms with E-state index in [9.17, 15) is 4.79 Å². The lowest BCUT2D eigenvalue weighted by molar-refractivity contribution is -0.109. The number of hydrogen-bond donors (Lipinski definition) is 0. The summed E-state index contributed by atoms with van der Waals surface area (Å²) >= 11 is 0. The third-order valence-corrected chi connectivity index (χ3v) is 2.87. The summed E-state index contributed by atoms with van der Waals surface area (Å²) in [5, 5.41) is 0. The minimum atomic E-state index is 0.0729. The van der Waals surface area contributed by atoms with Gasteiger partial charge in [0, 0.05) is 24.4 Å². The molecule has 1 aliphatic heterocycles. The van der Waals surface area contributed by atoms with Crippen LogP contribution in [0.4, 0.5) is 0 Å². The molecule has 0 saturated heterocycles. The van der Waals surface area contributed by atoms with E-state index in [4.69, 9.17) is 0 Å². The van der Waals surface area contributed by atoms with E-state index < -0.39 is 0 Å². The van der Waals surface area contributed by atoms with E-state index in [0.29, 0.717) is 5.92 Å². The van der Waals surface area contributed by atoms with Crippen LogP contribution in [-0.4, -0.2) is 15.8 Å². The first-order valence-electron chi connectivity index (χ1n) is 5.24. The normalized spacial score (nSPS) is 20.9. The van der Waals surface area contributed by atoms with Crippen LogP contribution in [0.5, 0.6) is 0 Å². The molecule has 0 amide bonds. The lowest BCUT2D eigenvalue weighted by Gasteiger charge is -2.22. The first-order valence-corrected chi connectivity index (χ1v) is 5.24. The predicted octanol–water partition coefficient (Wildman–Crippen LogP) is 2.08. The number of carbonyl (C=O) groups is 1. The highest BCUT2D eigenvalue weighted by molar-refractivity contribution is 5.61. The van der Waals surface area contributed by atoms with Gasteiger partial charge in [0.2, 0.25) is 0 Å². The second-order valence-corrected chi connectivity index (χ2v) is 4.23. The standard InChI is InChI=1S/C11H16N2O/c1-8(2)11-12-6-10-9(7-14)4-3-5-13(10)11/h6-9H,3-5H2,1-2H3. The molecular weight excluding hydrogens is 176 g/mol. The highest BCUT2D eigenvalue weighted by Crippen LogP contribution is 2.28. The fourth-order valence-corrected chi connectivity index (χ4v) is 2.16. The minimum Gasteiger partial charge on any atom is -0.331 e. The molecule has 3 nitrogen and oxygen atoms in total. The first-order chi connectivity index (χ1) is 6.74. The van der Waals surface area contributed by atoms with Crippen molar-refractivity contribution in [3.8, 4) is 0 Å². The van der Waals surface area contributed by atoms with Crippen molar-refractivity contribution in [2.45, 2.75) is 45.1 Å². The van der Waals surface area contributed by atoms with E-state index >= 15 is 0 Å². The Balaban J connectivity index is 2.42. The zero-order chi connectivity index (χ0) is 10.1. The maximum atomic E-state index is 10.9. The molecule has 1 aromatic heterocycles. The molecule has 3 heteroatoms. The van der Waals surface area contributed by atoms with Crippen LogP contribution in [0.2, 0.25) is 0 Å². The Morgan fingerprint density at radius 3 is 3.07 bits per heavy atom. The fraction of sp³-hybridized carbons (Fsp3) is 0.636. The van der Waals surface area contributed by atoms with Gasteiger partial charge < -0.3 is 9.36 Å². The molecular formula is C11H16N2O. The number of imidazole rings is 1. The van der Waals surface area contributed by atoms with Crippen LogP contribution < -0.4 is 0 Å². The topological polar surface area (TPSA) is 34.9 Å². The van der Waals surface area contributed by atoms with Crippen molar-refractivity contribution in [2.75, 3.05) is 0 Å². The molecule has 0 radical (unpaired) electrons. The van der Waals surface area contributed by atoms with E-state index in [0.717, 1.165) is 37.2 Å². The molecule has 0 spiro atoms. The molecule has 1 unspecified atom stereocenters. The number of fused-ring (bicyclic) bond motifs is 1. The van der Waals surface area contributed by atoms with Crippen LogP contribution in [0.3, 0.4) is 0 Å². The van der Waals surface area contributed by atoms with Crippen LogP contribution in [0.25, 0.3) is 0 Å². The molecule has 1 aliphatic rings. The van der Waals surface area contributed by atoms with Gasteiger partial charge >= 0.3 is 0 Å². The third kappa shape index (κ3) is 1.37. The van der Waals surface area contributed by atoms with E-state index in [1.165, 1.54) is 0 Å². The Kier molecular flexibility index (Phi) is 2.40. The lowest BCUT2D eigenvalue weighted by Crippen LogP contribution is -2.18. The summed E-state index contributed by atoms with van der Waals surface area (Å²) < 4.78 is 2.22. The van der Waals surface area contributed by atoms with Gasteiger partial charge in [-0.25, -0.2) is 4.98 Å². The van der Waals surface area contributed by atoms with E-state index in [1.807, 2.05) is 6.20 Å². The fourth-order valence-electron chi connectivity index (χ4n) is 2.16. The van der Waals surface area contributed by atoms with Crippen molar-refractivity contribution in [1.29, 1.82) is 0 Å². The third-order valence-electron chi connectivity index (χ3n) is 2.87. The van der Waals surface area contributed by atoms with Gasteiger partial charge in [-0.2, -0.15) is 0 Å². The number of hydrogen-bond acceptors (Lipinski definition) is 2. The Labute approximate surface area is 84.1 Å². The van der Waals surface area contributed by atoms with Crippen LogP contribution in [0.15, 0.2) is 6.20 Å². The Morgan fingerprint density at radius 2 is 2.43 bits per heavy atom. The highest BCUT2D eigenvalue weighted by Gasteiger charge is 2.23.